The summed E-state index contributed by atoms with van der Waals surface area (Å²) in [6.45, 7) is 3.02. The summed E-state index contributed by atoms with van der Waals surface area (Å²) in [6, 6.07) is 4.23. The highest BCUT2D eigenvalue weighted by Crippen LogP contribution is 2.33. The molecule has 0 aliphatic heterocycles. The number of hydrogen-bond donors (Lipinski definition) is 1. The molecule has 0 aliphatic rings. The predicted molar refractivity (Wildman–Crippen MR) is 90.7 cm³/mol. The average molecular weight is 387 g/mol. The summed E-state index contributed by atoms with van der Waals surface area (Å²) in [7, 11) is 1.23. The van der Waals surface area contributed by atoms with Crippen LogP contribution in [0.5, 0.6) is 5.75 Å². The van der Waals surface area contributed by atoms with Crippen molar-refractivity contribution < 1.29 is 32.2 Å². The Kier molecular flexibility index (Phi) is 5.91. The lowest BCUT2D eigenvalue weighted by atomic mass is 10.1. The third kappa shape index (κ3) is 4.54. The number of methoxy groups -OCH3 is 1. The third-order valence-electron chi connectivity index (χ3n) is 3.56. The Balaban J connectivity index is 2.07. The zero-order valence-electron chi connectivity index (χ0n) is 14.2. The number of carbonyl (C=O) groups excluding carboxylic acids is 2. The van der Waals surface area contributed by atoms with Gasteiger partial charge >= 0.3 is 12.1 Å². The van der Waals surface area contributed by atoms with Crippen molar-refractivity contribution in [1.29, 1.82) is 0 Å². The molecule has 0 bridgehead atoms. The van der Waals surface area contributed by atoms with Gasteiger partial charge in [0.05, 0.1) is 18.2 Å². The fraction of sp³-hybridized carbons (Fsp3) is 0.294. The van der Waals surface area contributed by atoms with Crippen molar-refractivity contribution in [2.75, 3.05) is 19.0 Å². The zero-order chi connectivity index (χ0) is 19.5. The lowest BCUT2D eigenvalue weighted by Crippen LogP contribution is -2.21. The van der Waals surface area contributed by atoms with Gasteiger partial charge in [-0.25, -0.2) is 4.79 Å². The molecular weight excluding hydrogens is 371 g/mol. The number of aryl methyl sites for hydroxylation is 1. The van der Waals surface area contributed by atoms with Crippen molar-refractivity contribution in [3.05, 3.63) is 45.8 Å². The molecule has 0 saturated heterocycles. The van der Waals surface area contributed by atoms with Gasteiger partial charge in [-0.2, -0.15) is 13.2 Å². The number of rotatable bonds is 5. The Labute approximate surface area is 151 Å². The number of ether oxygens (including phenoxy) is 2. The number of hydrogen-bond acceptors (Lipinski definition) is 5. The molecule has 5 nitrogen and oxygen atoms in total. The number of amides is 1. The molecule has 1 amide bonds. The van der Waals surface area contributed by atoms with Crippen LogP contribution in [0.1, 0.15) is 26.4 Å². The maximum atomic E-state index is 12.7. The van der Waals surface area contributed by atoms with Crippen molar-refractivity contribution in [3.63, 3.8) is 0 Å². The van der Waals surface area contributed by atoms with Crippen molar-refractivity contribution >= 4 is 28.2 Å². The van der Waals surface area contributed by atoms with Gasteiger partial charge in [0.25, 0.3) is 5.91 Å². The molecule has 140 valence electrons. The quantitative estimate of drug-likeness (QED) is 0.782. The van der Waals surface area contributed by atoms with Crippen molar-refractivity contribution in [2.24, 2.45) is 0 Å². The minimum atomic E-state index is -4.50. The van der Waals surface area contributed by atoms with Crippen LogP contribution in [0.15, 0.2) is 24.3 Å². The Morgan fingerprint density at radius 1 is 1.23 bits per heavy atom. The molecular formula is C17H16F3NO4S. The van der Waals surface area contributed by atoms with Gasteiger partial charge in [-0.05, 0) is 37.6 Å². The lowest BCUT2D eigenvalue weighted by Gasteiger charge is -2.10. The van der Waals surface area contributed by atoms with E-state index in [1.807, 2.05) is 0 Å². The van der Waals surface area contributed by atoms with E-state index in [2.05, 4.69) is 5.32 Å². The summed E-state index contributed by atoms with van der Waals surface area (Å²) < 4.78 is 47.8. The Bertz CT molecular complexity index is 830. The second-order valence-corrected chi connectivity index (χ2v) is 6.57. The Morgan fingerprint density at radius 2 is 1.92 bits per heavy atom. The smallest absolute Gasteiger partial charge is 0.416 e. The zero-order valence-corrected chi connectivity index (χ0v) is 15.0. The second kappa shape index (κ2) is 7.77. The molecule has 0 aliphatic carbocycles. The fourth-order valence-electron chi connectivity index (χ4n) is 2.14. The average Bonchev–Trinajstić information content (AvgIpc) is 2.86. The summed E-state index contributed by atoms with van der Waals surface area (Å²) in [5, 5.41) is 2.84. The van der Waals surface area contributed by atoms with Gasteiger partial charge in [0, 0.05) is 4.88 Å². The van der Waals surface area contributed by atoms with E-state index in [-0.39, 0.29) is 11.3 Å². The first kappa shape index (κ1) is 19.8. The molecule has 0 radical (unpaired) electrons. The van der Waals surface area contributed by atoms with Crippen molar-refractivity contribution in [2.45, 2.75) is 20.0 Å². The number of carbonyl (C=O) groups is 2. The van der Waals surface area contributed by atoms with Gasteiger partial charge in [-0.1, -0.05) is 6.07 Å². The minimum absolute atomic E-state index is 0.0818. The van der Waals surface area contributed by atoms with Gasteiger partial charge in [-0.15, -0.1) is 11.3 Å². The first-order chi connectivity index (χ1) is 12.1. The van der Waals surface area contributed by atoms with Crippen LogP contribution in [0.25, 0.3) is 0 Å². The molecule has 1 N–H and O–H groups in total. The van der Waals surface area contributed by atoms with Crippen LogP contribution in [-0.4, -0.2) is 25.6 Å². The van der Waals surface area contributed by atoms with Crippen LogP contribution in [0.3, 0.4) is 0 Å². The van der Waals surface area contributed by atoms with E-state index in [9.17, 15) is 22.8 Å². The number of anilines is 1. The van der Waals surface area contributed by atoms with Crippen LogP contribution in [0, 0.1) is 13.8 Å². The number of thiophene rings is 1. The topological polar surface area (TPSA) is 64.6 Å². The van der Waals surface area contributed by atoms with E-state index in [4.69, 9.17) is 9.47 Å². The minimum Gasteiger partial charge on any atom is -0.484 e. The third-order valence-corrected chi connectivity index (χ3v) is 4.68. The summed E-state index contributed by atoms with van der Waals surface area (Å²) in [5.41, 5.74) is 0.0752. The summed E-state index contributed by atoms with van der Waals surface area (Å²) >= 11 is 1.20. The SMILES string of the molecule is COC(=O)c1c(NC(=O)COc2cccc(C(F)(F)F)c2)sc(C)c1C. The van der Waals surface area contributed by atoms with Gasteiger partial charge in [0.15, 0.2) is 6.61 Å². The standard InChI is InChI=1S/C17H16F3NO4S/c1-9-10(2)26-15(14(9)16(23)24-3)21-13(22)8-25-12-6-4-5-11(7-12)17(18,19)20/h4-7H,8H2,1-3H3,(H,21,22). The first-order valence-corrected chi connectivity index (χ1v) is 8.23. The van der Waals surface area contributed by atoms with E-state index in [1.165, 1.54) is 30.6 Å². The molecule has 2 aromatic rings. The van der Waals surface area contributed by atoms with Crippen LogP contribution in [0.4, 0.5) is 18.2 Å². The number of benzene rings is 1. The van der Waals surface area contributed by atoms with E-state index in [1.54, 1.807) is 13.8 Å². The largest absolute Gasteiger partial charge is 0.484 e. The number of esters is 1. The van der Waals surface area contributed by atoms with E-state index < -0.39 is 30.2 Å². The van der Waals surface area contributed by atoms with Gasteiger partial charge in [-0.3, -0.25) is 4.79 Å². The highest BCUT2D eigenvalue weighted by molar-refractivity contribution is 7.16. The number of halogens is 3. The summed E-state index contributed by atoms with van der Waals surface area (Å²) in [5.74, 6) is -1.27. The summed E-state index contributed by atoms with van der Waals surface area (Å²) in [4.78, 5) is 24.7. The molecule has 9 heteroatoms. The van der Waals surface area contributed by atoms with Gasteiger partial charge in [0.2, 0.25) is 0 Å². The molecule has 0 spiro atoms. The molecule has 0 unspecified atom stereocenters. The first-order valence-electron chi connectivity index (χ1n) is 7.41. The van der Waals surface area contributed by atoms with E-state index in [0.29, 0.717) is 10.6 Å². The molecule has 0 saturated carbocycles. The molecule has 0 atom stereocenters. The monoisotopic (exact) mass is 387 g/mol. The predicted octanol–water partition coefficient (Wildman–Crippen LogP) is 4.19. The van der Waals surface area contributed by atoms with Crippen LogP contribution in [0.2, 0.25) is 0 Å². The molecule has 1 aromatic carbocycles. The second-order valence-electron chi connectivity index (χ2n) is 5.34. The molecule has 1 aromatic heterocycles. The maximum Gasteiger partial charge on any atom is 0.416 e. The van der Waals surface area contributed by atoms with Crippen molar-refractivity contribution in [3.8, 4) is 5.75 Å². The summed E-state index contributed by atoms with van der Waals surface area (Å²) in [6.07, 6.45) is -4.50. The normalized spacial score (nSPS) is 11.2. The van der Waals surface area contributed by atoms with Gasteiger partial charge in [0.1, 0.15) is 10.8 Å². The molecule has 1 heterocycles. The highest BCUT2D eigenvalue weighted by atomic mass is 32.1. The van der Waals surface area contributed by atoms with Crippen LogP contribution in [-0.2, 0) is 15.7 Å². The van der Waals surface area contributed by atoms with E-state index in [0.717, 1.165) is 17.0 Å². The highest BCUT2D eigenvalue weighted by Gasteiger charge is 2.30. The molecule has 26 heavy (non-hydrogen) atoms. The Morgan fingerprint density at radius 3 is 2.54 bits per heavy atom. The molecule has 2 rings (SSSR count). The number of nitrogens with one attached hydrogen (secondary N) is 1. The fourth-order valence-corrected chi connectivity index (χ4v) is 3.20. The Hall–Kier alpha value is -2.55. The maximum absolute atomic E-state index is 12.7. The lowest BCUT2D eigenvalue weighted by molar-refractivity contribution is -0.137. The molecule has 0 fully saturated rings. The van der Waals surface area contributed by atoms with Crippen LogP contribution >= 0.6 is 11.3 Å². The van der Waals surface area contributed by atoms with Crippen molar-refractivity contribution in [1.82, 2.24) is 0 Å². The van der Waals surface area contributed by atoms with Gasteiger partial charge < -0.3 is 14.8 Å². The van der Waals surface area contributed by atoms with E-state index >= 15 is 0 Å². The van der Waals surface area contributed by atoms with Crippen LogP contribution < -0.4 is 10.1 Å². The number of alkyl halides is 3.